The van der Waals surface area contributed by atoms with Crippen molar-refractivity contribution in [2.24, 2.45) is 0 Å². The number of anilines is 1. The maximum absolute atomic E-state index is 12.2. The molecule has 2 N–H and O–H groups in total. The van der Waals surface area contributed by atoms with E-state index in [1.54, 1.807) is 36.4 Å². The zero-order chi connectivity index (χ0) is 12.4. The van der Waals surface area contributed by atoms with Crippen molar-refractivity contribution in [2.45, 2.75) is 6.92 Å². The summed E-state index contributed by atoms with van der Waals surface area (Å²) in [5, 5.41) is 0.564. The largest absolute Gasteiger partial charge is 0.399 e. The molecule has 2 nitrogen and oxygen atoms in total. The van der Waals surface area contributed by atoms with Crippen LogP contribution in [0.25, 0.3) is 0 Å². The van der Waals surface area contributed by atoms with E-state index in [0.717, 1.165) is 5.56 Å². The summed E-state index contributed by atoms with van der Waals surface area (Å²) in [4.78, 5) is 12.2. The van der Waals surface area contributed by atoms with Gasteiger partial charge in [-0.05, 0) is 48.9 Å². The van der Waals surface area contributed by atoms with Crippen LogP contribution < -0.4 is 5.73 Å². The van der Waals surface area contributed by atoms with Crippen molar-refractivity contribution in [3.8, 4) is 0 Å². The Hall–Kier alpha value is -1.80. The highest BCUT2D eigenvalue weighted by Crippen LogP contribution is 2.19. The molecule has 2 aromatic rings. The van der Waals surface area contributed by atoms with Gasteiger partial charge in [0.25, 0.3) is 0 Å². The minimum absolute atomic E-state index is 0.0370. The summed E-state index contributed by atoms with van der Waals surface area (Å²) in [6.45, 7) is 1.89. The summed E-state index contributed by atoms with van der Waals surface area (Å²) in [5.74, 6) is -0.0370. The van der Waals surface area contributed by atoms with Gasteiger partial charge in [0, 0.05) is 21.8 Å². The average Bonchev–Trinajstić information content (AvgIpc) is 2.32. The fourth-order valence-electron chi connectivity index (χ4n) is 1.63. The molecule has 0 spiro atoms. The van der Waals surface area contributed by atoms with Crippen LogP contribution in [-0.4, -0.2) is 5.78 Å². The lowest BCUT2D eigenvalue weighted by atomic mass is 9.99. The molecule has 0 aliphatic carbocycles. The first-order valence-corrected chi connectivity index (χ1v) is 5.62. The molecule has 0 saturated carbocycles. The third kappa shape index (κ3) is 2.48. The summed E-state index contributed by atoms with van der Waals surface area (Å²) in [6, 6.07) is 12.2. The number of nitrogens with two attached hydrogens (primary N) is 1. The van der Waals surface area contributed by atoms with Gasteiger partial charge in [-0.3, -0.25) is 4.79 Å². The number of hydrogen-bond donors (Lipinski definition) is 1. The second-order valence-corrected chi connectivity index (χ2v) is 4.35. The molecule has 0 bridgehead atoms. The third-order valence-electron chi connectivity index (χ3n) is 2.62. The smallest absolute Gasteiger partial charge is 0.193 e. The number of halogens is 1. The van der Waals surface area contributed by atoms with E-state index in [4.69, 9.17) is 17.3 Å². The zero-order valence-electron chi connectivity index (χ0n) is 9.41. The second-order valence-electron chi connectivity index (χ2n) is 3.91. The highest BCUT2D eigenvalue weighted by atomic mass is 35.5. The van der Waals surface area contributed by atoms with Gasteiger partial charge in [-0.15, -0.1) is 0 Å². The molecule has 0 saturated heterocycles. The number of hydrogen-bond acceptors (Lipinski definition) is 2. The summed E-state index contributed by atoms with van der Waals surface area (Å²) in [7, 11) is 0. The number of carbonyl (C=O) groups excluding carboxylic acids is 1. The molecule has 17 heavy (non-hydrogen) atoms. The Morgan fingerprint density at radius 2 is 1.76 bits per heavy atom. The molecule has 0 heterocycles. The molecule has 0 aromatic heterocycles. The van der Waals surface area contributed by atoms with E-state index < -0.39 is 0 Å². The van der Waals surface area contributed by atoms with Gasteiger partial charge in [-0.25, -0.2) is 0 Å². The fourth-order valence-corrected chi connectivity index (χ4v) is 1.80. The maximum atomic E-state index is 12.2. The molecule has 3 heteroatoms. The Morgan fingerprint density at radius 1 is 1.12 bits per heavy atom. The Labute approximate surface area is 105 Å². The first kappa shape index (κ1) is 11.7. The first-order chi connectivity index (χ1) is 8.08. The van der Waals surface area contributed by atoms with E-state index in [0.29, 0.717) is 21.8 Å². The minimum atomic E-state index is -0.0370. The first-order valence-electron chi connectivity index (χ1n) is 5.24. The number of rotatable bonds is 2. The molecule has 0 fully saturated rings. The van der Waals surface area contributed by atoms with Gasteiger partial charge in [-0.2, -0.15) is 0 Å². The fraction of sp³-hybridized carbons (Fsp3) is 0.0714. The van der Waals surface area contributed by atoms with E-state index in [1.165, 1.54) is 0 Å². The van der Waals surface area contributed by atoms with Gasteiger partial charge < -0.3 is 5.73 Å². The number of benzene rings is 2. The van der Waals surface area contributed by atoms with Crippen molar-refractivity contribution in [3.05, 3.63) is 64.2 Å². The summed E-state index contributed by atoms with van der Waals surface area (Å²) in [6.07, 6.45) is 0. The Kier molecular flexibility index (Phi) is 3.16. The number of aryl methyl sites for hydroxylation is 1. The Bertz CT molecular complexity index is 561. The molecule has 0 unspecified atom stereocenters. The number of nitrogen functional groups attached to an aromatic ring is 1. The SMILES string of the molecule is Cc1ccc(Cl)cc1C(=O)c1ccc(N)cc1. The summed E-state index contributed by atoms with van der Waals surface area (Å²) < 4.78 is 0. The van der Waals surface area contributed by atoms with Crippen LogP contribution in [0.3, 0.4) is 0 Å². The molecule has 2 rings (SSSR count). The lowest BCUT2D eigenvalue weighted by Crippen LogP contribution is -2.03. The van der Waals surface area contributed by atoms with Gasteiger partial charge in [0.15, 0.2) is 5.78 Å². The van der Waals surface area contributed by atoms with Crippen LogP contribution in [0.5, 0.6) is 0 Å². The van der Waals surface area contributed by atoms with Gasteiger partial charge in [0.1, 0.15) is 0 Å². The molecule has 0 aliphatic heterocycles. The van der Waals surface area contributed by atoms with Crippen molar-refractivity contribution in [2.75, 3.05) is 5.73 Å². The molecule has 0 amide bonds. The second kappa shape index (κ2) is 4.60. The molecule has 86 valence electrons. The quantitative estimate of drug-likeness (QED) is 0.650. The lowest BCUT2D eigenvalue weighted by Gasteiger charge is -2.06. The van der Waals surface area contributed by atoms with Gasteiger partial charge in [0.05, 0.1) is 0 Å². The standard InChI is InChI=1S/C14H12ClNO/c1-9-2-5-11(15)8-13(9)14(17)10-3-6-12(16)7-4-10/h2-8H,16H2,1H3. The van der Waals surface area contributed by atoms with Gasteiger partial charge >= 0.3 is 0 Å². The third-order valence-corrected chi connectivity index (χ3v) is 2.85. The van der Waals surface area contributed by atoms with Crippen LogP contribution in [0.4, 0.5) is 5.69 Å². The Balaban J connectivity index is 2.43. The van der Waals surface area contributed by atoms with Crippen molar-refractivity contribution in [1.82, 2.24) is 0 Å². The van der Waals surface area contributed by atoms with Gasteiger partial charge in [0.2, 0.25) is 0 Å². The summed E-state index contributed by atoms with van der Waals surface area (Å²) >= 11 is 5.90. The van der Waals surface area contributed by atoms with Crippen LogP contribution in [0, 0.1) is 6.92 Å². The molecule has 0 aliphatic rings. The molecular weight excluding hydrogens is 234 g/mol. The van der Waals surface area contributed by atoms with Crippen molar-refractivity contribution in [3.63, 3.8) is 0 Å². The van der Waals surface area contributed by atoms with E-state index in [9.17, 15) is 4.79 Å². The van der Waals surface area contributed by atoms with Crippen LogP contribution in [0.1, 0.15) is 21.5 Å². The van der Waals surface area contributed by atoms with Crippen LogP contribution in [-0.2, 0) is 0 Å². The topological polar surface area (TPSA) is 43.1 Å². The average molecular weight is 246 g/mol. The molecule has 2 aromatic carbocycles. The number of ketones is 1. The van der Waals surface area contributed by atoms with E-state index in [2.05, 4.69) is 0 Å². The van der Waals surface area contributed by atoms with Crippen LogP contribution in [0.15, 0.2) is 42.5 Å². The minimum Gasteiger partial charge on any atom is -0.399 e. The molecular formula is C14H12ClNO. The zero-order valence-corrected chi connectivity index (χ0v) is 10.2. The molecule has 0 radical (unpaired) electrons. The lowest BCUT2D eigenvalue weighted by molar-refractivity contribution is 0.103. The van der Waals surface area contributed by atoms with Crippen molar-refractivity contribution < 1.29 is 4.79 Å². The van der Waals surface area contributed by atoms with E-state index in [-0.39, 0.29) is 5.78 Å². The predicted octanol–water partition coefficient (Wildman–Crippen LogP) is 3.46. The summed E-state index contributed by atoms with van der Waals surface area (Å²) in [5.41, 5.74) is 8.39. The maximum Gasteiger partial charge on any atom is 0.193 e. The van der Waals surface area contributed by atoms with Gasteiger partial charge in [-0.1, -0.05) is 17.7 Å². The predicted molar refractivity (Wildman–Crippen MR) is 70.5 cm³/mol. The highest BCUT2D eigenvalue weighted by molar-refractivity contribution is 6.31. The molecule has 0 atom stereocenters. The Morgan fingerprint density at radius 3 is 2.41 bits per heavy atom. The van der Waals surface area contributed by atoms with E-state index in [1.807, 2.05) is 13.0 Å². The van der Waals surface area contributed by atoms with Crippen LogP contribution in [0.2, 0.25) is 5.02 Å². The van der Waals surface area contributed by atoms with Crippen molar-refractivity contribution in [1.29, 1.82) is 0 Å². The monoisotopic (exact) mass is 245 g/mol. The number of carbonyl (C=O) groups is 1. The highest BCUT2D eigenvalue weighted by Gasteiger charge is 2.11. The normalized spacial score (nSPS) is 10.2. The van der Waals surface area contributed by atoms with Crippen LogP contribution >= 0.6 is 11.6 Å². The van der Waals surface area contributed by atoms with Crippen molar-refractivity contribution >= 4 is 23.1 Å². The van der Waals surface area contributed by atoms with E-state index >= 15 is 0 Å².